The molecule has 0 saturated heterocycles. The molecule has 0 fully saturated rings. The molecular formula is C15H26IN3O2S. The summed E-state index contributed by atoms with van der Waals surface area (Å²) in [5, 5.41) is 6.44. The molecule has 1 aromatic carbocycles. The lowest BCUT2D eigenvalue weighted by Crippen LogP contribution is -2.41. The van der Waals surface area contributed by atoms with Gasteiger partial charge in [0.2, 0.25) is 0 Å². The van der Waals surface area contributed by atoms with Gasteiger partial charge in [-0.3, -0.25) is 4.99 Å². The first-order valence-corrected chi connectivity index (χ1v) is 9.06. The van der Waals surface area contributed by atoms with Gasteiger partial charge in [0.1, 0.15) is 0 Å². The lowest BCUT2D eigenvalue weighted by atomic mass is 10.1. The Labute approximate surface area is 150 Å². The third-order valence-electron chi connectivity index (χ3n) is 2.79. The number of hydrogen-bond donors (Lipinski definition) is 2. The summed E-state index contributed by atoms with van der Waals surface area (Å²) in [5.41, 5.74) is 1.08. The monoisotopic (exact) mass is 439 g/mol. The first-order chi connectivity index (χ1) is 9.82. The molecule has 0 heterocycles. The Hall–Kier alpha value is -0.830. The van der Waals surface area contributed by atoms with Crippen LogP contribution in [0, 0.1) is 0 Å². The van der Waals surface area contributed by atoms with Crippen molar-refractivity contribution in [2.45, 2.75) is 38.1 Å². The van der Waals surface area contributed by atoms with E-state index in [4.69, 9.17) is 0 Å². The highest BCUT2D eigenvalue weighted by Gasteiger charge is 2.06. The van der Waals surface area contributed by atoms with Gasteiger partial charge < -0.3 is 10.6 Å². The van der Waals surface area contributed by atoms with E-state index in [2.05, 4.69) is 29.5 Å². The molecule has 0 spiro atoms. The van der Waals surface area contributed by atoms with Gasteiger partial charge in [-0.15, -0.1) is 24.0 Å². The van der Waals surface area contributed by atoms with Crippen molar-refractivity contribution in [1.29, 1.82) is 0 Å². The number of aliphatic imine (C=N–C) groups is 1. The number of rotatable bonds is 6. The maximum Gasteiger partial charge on any atom is 0.191 e. The van der Waals surface area contributed by atoms with Crippen molar-refractivity contribution in [1.82, 2.24) is 10.6 Å². The number of halogens is 1. The number of guanidine groups is 1. The Morgan fingerprint density at radius 3 is 2.27 bits per heavy atom. The fourth-order valence-electron chi connectivity index (χ4n) is 1.79. The van der Waals surface area contributed by atoms with Crippen LogP contribution < -0.4 is 10.6 Å². The van der Waals surface area contributed by atoms with Crippen LogP contribution in [0.15, 0.2) is 34.2 Å². The SMILES string of the molecule is CCNC(=NCCc1ccc(S(C)(=O)=O)cc1)NC(C)C.I. The zero-order chi connectivity index (χ0) is 15.9. The predicted octanol–water partition coefficient (Wildman–Crippen LogP) is 2.21. The van der Waals surface area contributed by atoms with Crippen molar-refractivity contribution in [3.8, 4) is 0 Å². The van der Waals surface area contributed by atoms with Gasteiger partial charge in [0.05, 0.1) is 4.90 Å². The van der Waals surface area contributed by atoms with Crippen molar-refractivity contribution in [3.63, 3.8) is 0 Å². The molecule has 1 rings (SSSR count). The maximum absolute atomic E-state index is 11.4. The fraction of sp³-hybridized carbons (Fsp3) is 0.533. The van der Waals surface area contributed by atoms with E-state index in [1.54, 1.807) is 12.1 Å². The first kappa shape index (κ1) is 21.2. The molecule has 0 aliphatic rings. The van der Waals surface area contributed by atoms with Crippen LogP contribution in [0.1, 0.15) is 26.3 Å². The third-order valence-corrected chi connectivity index (χ3v) is 3.92. The summed E-state index contributed by atoms with van der Waals surface area (Å²) >= 11 is 0. The van der Waals surface area contributed by atoms with Gasteiger partial charge in [0.25, 0.3) is 0 Å². The van der Waals surface area contributed by atoms with Gasteiger partial charge in [0, 0.05) is 25.4 Å². The van der Waals surface area contributed by atoms with Gasteiger partial charge in [-0.05, 0) is 44.9 Å². The molecule has 1 aromatic rings. The Morgan fingerprint density at radius 2 is 1.82 bits per heavy atom. The Bertz CT molecular complexity index is 569. The molecule has 5 nitrogen and oxygen atoms in total. The topological polar surface area (TPSA) is 70.6 Å². The second kappa shape index (κ2) is 10.0. The van der Waals surface area contributed by atoms with Crippen molar-refractivity contribution in [2.24, 2.45) is 4.99 Å². The summed E-state index contributed by atoms with van der Waals surface area (Å²) in [7, 11) is -3.12. The van der Waals surface area contributed by atoms with Gasteiger partial charge in [-0.2, -0.15) is 0 Å². The molecule has 0 saturated carbocycles. The number of sulfone groups is 1. The lowest BCUT2D eigenvalue weighted by Gasteiger charge is -2.13. The van der Waals surface area contributed by atoms with E-state index < -0.39 is 9.84 Å². The minimum atomic E-state index is -3.12. The zero-order valence-electron chi connectivity index (χ0n) is 13.6. The molecule has 0 unspecified atom stereocenters. The summed E-state index contributed by atoms with van der Waals surface area (Å²) < 4.78 is 22.8. The first-order valence-electron chi connectivity index (χ1n) is 7.16. The fourth-order valence-corrected chi connectivity index (χ4v) is 2.42. The van der Waals surface area contributed by atoms with E-state index in [9.17, 15) is 8.42 Å². The van der Waals surface area contributed by atoms with E-state index in [1.165, 1.54) is 6.26 Å². The molecule has 0 aliphatic carbocycles. The molecule has 0 radical (unpaired) electrons. The Balaban J connectivity index is 0.00000441. The van der Waals surface area contributed by atoms with E-state index in [1.807, 2.05) is 19.1 Å². The standard InChI is InChI=1S/C15H25N3O2S.HI/c1-5-16-15(18-12(2)3)17-11-10-13-6-8-14(9-7-13)21(4,19)20;/h6-9,12H,5,10-11H2,1-4H3,(H2,16,17,18);1H. The van der Waals surface area contributed by atoms with Crippen LogP contribution in [-0.4, -0.2) is 39.8 Å². The third kappa shape index (κ3) is 7.98. The van der Waals surface area contributed by atoms with Crippen molar-refractivity contribution < 1.29 is 8.42 Å². The van der Waals surface area contributed by atoms with Crippen LogP contribution in [0.4, 0.5) is 0 Å². The Kier molecular flexibility index (Phi) is 9.66. The van der Waals surface area contributed by atoms with Crippen LogP contribution in [0.3, 0.4) is 0 Å². The molecule has 0 bridgehead atoms. The molecule has 0 atom stereocenters. The molecular weight excluding hydrogens is 413 g/mol. The summed E-state index contributed by atoms with van der Waals surface area (Å²) in [4.78, 5) is 4.85. The van der Waals surface area contributed by atoms with E-state index in [0.29, 0.717) is 17.5 Å². The van der Waals surface area contributed by atoms with Crippen LogP contribution >= 0.6 is 24.0 Å². The molecule has 0 amide bonds. The largest absolute Gasteiger partial charge is 0.357 e. The maximum atomic E-state index is 11.4. The summed E-state index contributed by atoms with van der Waals surface area (Å²) in [6.45, 7) is 7.64. The number of hydrogen-bond acceptors (Lipinski definition) is 3. The van der Waals surface area contributed by atoms with E-state index >= 15 is 0 Å². The lowest BCUT2D eigenvalue weighted by molar-refractivity contribution is 0.602. The van der Waals surface area contributed by atoms with Gasteiger partial charge >= 0.3 is 0 Å². The molecule has 0 aromatic heterocycles. The summed E-state index contributed by atoms with van der Waals surface area (Å²) in [5.74, 6) is 0.806. The molecule has 22 heavy (non-hydrogen) atoms. The van der Waals surface area contributed by atoms with Crippen LogP contribution in [0.2, 0.25) is 0 Å². The van der Waals surface area contributed by atoms with E-state index in [0.717, 1.165) is 24.5 Å². The highest BCUT2D eigenvalue weighted by molar-refractivity contribution is 14.0. The van der Waals surface area contributed by atoms with Crippen molar-refractivity contribution in [2.75, 3.05) is 19.3 Å². The molecule has 126 valence electrons. The summed E-state index contributed by atoms with van der Waals surface area (Å²) in [6, 6.07) is 7.30. The molecule has 7 heteroatoms. The van der Waals surface area contributed by atoms with Crippen molar-refractivity contribution >= 4 is 39.8 Å². The minimum Gasteiger partial charge on any atom is -0.357 e. The van der Waals surface area contributed by atoms with Crippen molar-refractivity contribution in [3.05, 3.63) is 29.8 Å². The highest BCUT2D eigenvalue weighted by Crippen LogP contribution is 2.10. The van der Waals surface area contributed by atoms with Gasteiger partial charge in [-0.25, -0.2) is 8.42 Å². The second-order valence-corrected chi connectivity index (χ2v) is 7.24. The number of nitrogens with zero attached hydrogens (tertiary/aromatic N) is 1. The minimum absolute atomic E-state index is 0. The average Bonchev–Trinajstić information content (AvgIpc) is 2.38. The van der Waals surface area contributed by atoms with Gasteiger partial charge in [0.15, 0.2) is 15.8 Å². The average molecular weight is 439 g/mol. The molecule has 2 N–H and O–H groups in total. The van der Waals surface area contributed by atoms with E-state index in [-0.39, 0.29) is 24.0 Å². The summed E-state index contributed by atoms with van der Waals surface area (Å²) in [6.07, 6.45) is 1.99. The Morgan fingerprint density at radius 1 is 1.23 bits per heavy atom. The zero-order valence-corrected chi connectivity index (χ0v) is 16.7. The smallest absolute Gasteiger partial charge is 0.191 e. The van der Waals surface area contributed by atoms with Crippen LogP contribution in [0.5, 0.6) is 0 Å². The van der Waals surface area contributed by atoms with Gasteiger partial charge in [-0.1, -0.05) is 12.1 Å². The van der Waals surface area contributed by atoms with Crippen LogP contribution in [-0.2, 0) is 16.3 Å². The van der Waals surface area contributed by atoms with Crippen LogP contribution in [0.25, 0.3) is 0 Å². The molecule has 0 aliphatic heterocycles. The quantitative estimate of drug-likeness (QED) is 0.405. The normalized spacial score (nSPS) is 12.0. The number of nitrogens with one attached hydrogen (secondary N) is 2. The highest BCUT2D eigenvalue weighted by atomic mass is 127. The second-order valence-electron chi connectivity index (χ2n) is 5.23. The predicted molar refractivity (Wildman–Crippen MR) is 103 cm³/mol. The number of benzene rings is 1.